The largest absolute Gasteiger partial charge is 0.493 e. The van der Waals surface area contributed by atoms with Crippen LogP contribution in [-0.4, -0.2) is 29.9 Å². The van der Waals surface area contributed by atoms with Crippen molar-refractivity contribution in [2.75, 3.05) is 7.11 Å². The second-order valence-electron chi connectivity index (χ2n) is 8.91. The number of amides is 2. The minimum absolute atomic E-state index is 0.0182. The zero-order valence-electron chi connectivity index (χ0n) is 18.7. The number of primary amides is 1. The molecule has 1 saturated carbocycles. The Morgan fingerprint density at radius 3 is 2.61 bits per heavy atom. The van der Waals surface area contributed by atoms with Crippen LogP contribution in [0.25, 0.3) is 12.2 Å². The van der Waals surface area contributed by atoms with Crippen LogP contribution in [0.4, 0.5) is 0 Å². The number of carbonyl (C=O) groups is 2. The molecule has 2 aromatic carbocycles. The number of fused-ring (bicyclic) bond motifs is 2. The first kappa shape index (κ1) is 21.3. The minimum atomic E-state index is -0.519. The lowest BCUT2D eigenvalue weighted by atomic mass is 9.94. The summed E-state index contributed by atoms with van der Waals surface area (Å²) < 4.78 is 11.8. The molecule has 1 fully saturated rings. The zero-order chi connectivity index (χ0) is 22.9. The lowest BCUT2D eigenvalue weighted by molar-refractivity contribution is -0.131. The SMILES string of the molecule is COc1ccc(C(CC(N)=O)N2C=C3C=c4ccccc4=CC3C2=O)cc1OC1CCCC1. The van der Waals surface area contributed by atoms with E-state index in [1.165, 1.54) is 0 Å². The van der Waals surface area contributed by atoms with Crippen molar-refractivity contribution in [1.82, 2.24) is 4.90 Å². The van der Waals surface area contributed by atoms with Crippen LogP contribution in [0.1, 0.15) is 43.7 Å². The Labute approximate surface area is 193 Å². The molecule has 0 spiro atoms. The molecule has 1 heterocycles. The lowest BCUT2D eigenvalue weighted by Crippen LogP contribution is -2.35. The standard InChI is InChI=1S/C27H28N2O4/c1-32-24-11-10-19(14-25(24)33-21-8-4-5-9-21)23(15-26(28)30)29-16-20-12-17-6-2-3-7-18(17)13-22(20)27(29)31/h2-3,6-7,10-14,16,21-23H,4-5,8-9,15H2,1H3,(H2,28,30). The van der Waals surface area contributed by atoms with Gasteiger partial charge in [0.25, 0.3) is 0 Å². The maximum atomic E-state index is 13.4. The number of hydrogen-bond donors (Lipinski definition) is 1. The van der Waals surface area contributed by atoms with Crippen molar-refractivity contribution in [1.29, 1.82) is 0 Å². The van der Waals surface area contributed by atoms with E-state index in [2.05, 4.69) is 0 Å². The molecule has 0 bridgehead atoms. The molecule has 0 saturated heterocycles. The van der Waals surface area contributed by atoms with Crippen molar-refractivity contribution in [2.24, 2.45) is 11.7 Å². The van der Waals surface area contributed by atoms with Gasteiger partial charge in [-0.2, -0.15) is 0 Å². The molecule has 5 rings (SSSR count). The van der Waals surface area contributed by atoms with Gasteiger partial charge in [-0.25, -0.2) is 0 Å². The average Bonchev–Trinajstić information content (AvgIpc) is 3.44. The average molecular weight is 445 g/mol. The Hall–Kier alpha value is -3.54. The molecule has 0 aromatic heterocycles. The lowest BCUT2D eigenvalue weighted by Gasteiger charge is -2.27. The zero-order valence-corrected chi connectivity index (χ0v) is 18.7. The first-order valence-corrected chi connectivity index (χ1v) is 11.5. The van der Waals surface area contributed by atoms with Crippen molar-refractivity contribution in [3.63, 3.8) is 0 Å². The predicted octanol–water partition coefficient (Wildman–Crippen LogP) is 2.55. The summed E-state index contributed by atoms with van der Waals surface area (Å²) in [6.07, 6.45) is 10.4. The van der Waals surface area contributed by atoms with E-state index in [1.807, 2.05) is 60.8 Å². The highest BCUT2D eigenvalue weighted by Gasteiger charge is 2.37. The van der Waals surface area contributed by atoms with Crippen LogP contribution in [-0.2, 0) is 9.59 Å². The van der Waals surface area contributed by atoms with E-state index >= 15 is 0 Å². The fraction of sp³-hybridized carbons (Fsp3) is 0.333. The maximum Gasteiger partial charge on any atom is 0.238 e. The quantitative estimate of drug-likeness (QED) is 0.712. The maximum absolute atomic E-state index is 13.4. The summed E-state index contributed by atoms with van der Waals surface area (Å²) >= 11 is 0. The number of methoxy groups -OCH3 is 1. The smallest absolute Gasteiger partial charge is 0.238 e. The topological polar surface area (TPSA) is 81.9 Å². The molecular formula is C27H28N2O4. The molecule has 2 N–H and O–H groups in total. The van der Waals surface area contributed by atoms with Gasteiger partial charge in [0, 0.05) is 6.20 Å². The van der Waals surface area contributed by atoms with Gasteiger partial charge in [-0.1, -0.05) is 36.4 Å². The third-order valence-corrected chi connectivity index (χ3v) is 6.73. The molecule has 3 aliphatic rings. The Bertz CT molecular complexity index is 1240. The van der Waals surface area contributed by atoms with Crippen LogP contribution in [0.3, 0.4) is 0 Å². The molecular weight excluding hydrogens is 416 g/mol. The van der Waals surface area contributed by atoms with E-state index < -0.39 is 11.9 Å². The van der Waals surface area contributed by atoms with Gasteiger partial charge in [-0.3, -0.25) is 9.59 Å². The molecule has 6 heteroatoms. The summed E-state index contributed by atoms with van der Waals surface area (Å²) in [6.45, 7) is 0. The highest BCUT2D eigenvalue weighted by Crippen LogP contribution is 2.39. The molecule has 0 radical (unpaired) electrons. The molecule has 170 valence electrons. The van der Waals surface area contributed by atoms with Crippen LogP contribution >= 0.6 is 0 Å². The summed E-state index contributed by atoms with van der Waals surface area (Å²) in [7, 11) is 1.61. The molecule has 33 heavy (non-hydrogen) atoms. The normalized spacial score (nSPS) is 20.3. The molecule has 1 aliphatic heterocycles. The number of nitrogens with two attached hydrogens (primary N) is 1. The fourth-order valence-electron chi connectivity index (χ4n) is 5.04. The highest BCUT2D eigenvalue weighted by molar-refractivity contribution is 5.95. The van der Waals surface area contributed by atoms with Crippen LogP contribution < -0.4 is 25.6 Å². The molecule has 2 aliphatic carbocycles. The number of rotatable bonds is 7. The van der Waals surface area contributed by atoms with E-state index in [4.69, 9.17) is 15.2 Å². The van der Waals surface area contributed by atoms with E-state index in [-0.39, 0.29) is 24.3 Å². The third kappa shape index (κ3) is 4.13. The molecule has 2 atom stereocenters. The number of hydrogen-bond acceptors (Lipinski definition) is 4. The van der Waals surface area contributed by atoms with Gasteiger partial charge in [0.15, 0.2) is 11.5 Å². The second kappa shape index (κ2) is 8.77. The number of carbonyl (C=O) groups excluding carboxylic acids is 2. The van der Waals surface area contributed by atoms with Crippen LogP contribution in [0.15, 0.2) is 54.2 Å². The summed E-state index contributed by atoms with van der Waals surface area (Å²) in [5.41, 5.74) is 7.33. The van der Waals surface area contributed by atoms with Crippen LogP contribution in [0, 0.1) is 5.92 Å². The van der Waals surface area contributed by atoms with Crippen molar-refractivity contribution in [3.8, 4) is 11.5 Å². The monoisotopic (exact) mass is 444 g/mol. The van der Waals surface area contributed by atoms with Crippen molar-refractivity contribution in [3.05, 3.63) is 70.2 Å². The summed E-state index contributed by atoms with van der Waals surface area (Å²) in [6, 6.07) is 13.1. The Balaban J connectivity index is 1.51. The van der Waals surface area contributed by atoms with Crippen LogP contribution in [0.2, 0.25) is 0 Å². The number of ether oxygens (including phenoxy) is 2. The van der Waals surface area contributed by atoms with Crippen molar-refractivity contribution >= 4 is 24.0 Å². The van der Waals surface area contributed by atoms with Crippen molar-refractivity contribution < 1.29 is 19.1 Å². The molecule has 2 unspecified atom stereocenters. The predicted molar refractivity (Wildman–Crippen MR) is 125 cm³/mol. The van der Waals surface area contributed by atoms with E-state index in [0.29, 0.717) is 11.5 Å². The van der Waals surface area contributed by atoms with Gasteiger partial charge >= 0.3 is 0 Å². The van der Waals surface area contributed by atoms with Gasteiger partial charge in [0.2, 0.25) is 11.8 Å². The second-order valence-corrected chi connectivity index (χ2v) is 8.91. The third-order valence-electron chi connectivity index (χ3n) is 6.73. The summed E-state index contributed by atoms with van der Waals surface area (Å²) in [4.78, 5) is 27.1. The Morgan fingerprint density at radius 1 is 1.12 bits per heavy atom. The van der Waals surface area contributed by atoms with E-state index in [9.17, 15) is 9.59 Å². The summed E-state index contributed by atoms with van der Waals surface area (Å²) in [5.74, 6) is 0.393. The Kier molecular flexibility index (Phi) is 5.67. The van der Waals surface area contributed by atoms with Gasteiger partial charge in [0.1, 0.15) is 0 Å². The van der Waals surface area contributed by atoms with Gasteiger partial charge < -0.3 is 20.1 Å². The van der Waals surface area contributed by atoms with Gasteiger partial charge in [0.05, 0.1) is 31.6 Å². The summed E-state index contributed by atoms with van der Waals surface area (Å²) in [5, 5.41) is 2.12. The molecule has 2 aromatic rings. The number of benzene rings is 2. The fourth-order valence-corrected chi connectivity index (χ4v) is 5.04. The van der Waals surface area contributed by atoms with E-state index in [0.717, 1.165) is 47.3 Å². The van der Waals surface area contributed by atoms with Crippen LogP contribution in [0.5, 0.6) is 11.5 Å². The minimum Gasteiger partial charge on any atom is -0.493 e. The Morgan fingerprint density at radius 2 is 1.88 bits per heavy atom. The molecule has 6 nitrogen and oxygen atoms in total. The van der Waals surface area contributed by atoms with Gasteiger partial charge in [-0.05, 0) is 65.5 Å². The first-order valence-electron chi connectivity index (χ1n) is 11.5. The van der Waals surface area contributed by atoms with E-state index in [1.54, 1.807) is 12.0 Å². The highest BCUT2D eigenvalue weighted by atomic mass is 16.5. The molecule has 2 amide bonds. The van der Waals surface area contributed by atoms with Crippen molar-refractivity contribution in [2.45, 2.75) is 44.2 Å². The van der Waals surface area contributed by atoms with Gasteiger partial charge in [-0.15, -0.1) is 0 Å². The first-order chi connectivity index (χ1) is 16.0. The number of nitrogens with zero attached hydrogens (tertiary/aromatic N) is 1.